The first-order valence-corrected chi connectivity index (χ1v) is 8.30. The Hall–Kier alpha value is -2.58. The Kier molecular flexibility index (Phi) is 3.43. The van der Waals surface area contributed by atoms with Crippen molar-refractivity contribution in [2.75, 3.05) is 18.0 Å². The second-order valence-corrected chi connectivity index (χ2v) is 6.59. The van der Waals surface area contributed by atoms with E-state index >= 15 is 0 Å². The maximum atomic E-state index is 9.59. The molecule has 0 unspecified atom stereocenters. The largest absolute Gasteiger partial charge is 0.372 e. The zero-order valence-electron chi connectivity index (χ0n) is 14.2. The highest BCUT2D eigenvalue weighted by molar-refractivity contribution is 5.85. The number of aromatic nitrogens is 2. The van der Waals surface area contributed by atoms with Crippen molar-refractivity contribution in [1.29, 1.82) is 5.26 Å². The number of pyridine rings is 1. The molecule has 1 aromatic carbocycles. The molecule has 1 aliphatic heterocycles. The van der Waals surface area contributed by atoms with E-state index < -0.39 is 0 Å². The predicted molar refractivity (Wildman–Crippen MR) is 94.4 cm³/mol. The standard InChI is InChI=1S/C19H20N4O/c1-12-8-18(22-10-13(2)24-14(3)11-22)23-17-7-5-4-6-16(17)21-19(23)15(12)9-20/h4-8,13-14H,10-11H2,1-3H3/t13-,14-/m1/s1. The number of benzene rings is 1. The molecule has 0 amide bonds. The van der Waals surface area contributed by atoms with E-state index in [2.05, 4.69) is 41.4 Å². The lowest BCUT2D eigenvalue weighted by atomic mass is 10.1. The molecule has 2 atom stereocenters. The van der Waals surface area contributed by atoms with Crippen LogP contribution in [-0.2, 0) is 4.74 Å². The van der Waals surface area contributed by atoms with Crippen LogP contribution in [0, 0.1) is 18.3 Å². The number of aryl methyl sites for hydroxylation is 1. The summed E-state index contributed by atoms with van der Waals surface area (Å²) in [5.41, 5.74) is 4.29. The minimum Gasteiger partial charge on any atom is -0.372 e. The molecule has 0 saturated carbocycles. The number of imidazole rings is 1. The van der Waals surface area contributed by atoms with Crippen molar-refractivity contribution in [3.05, 3.63) is 41.5 Å². The molecule has 0 radical (unpaired) electrons. The van der Waals surface area contributed by atoms with Crippen LogP contribution in [0.3, 0.4) is 0 Å². The van der Waals surface area contributed by atoms with Crippen molar-refractivity contribution in [2.45, 2.75) is 33.0 Å². The van der Waals surface area contributed by atoms with Gasteiger partial charge in [0.2, 0.25) is 0 Å². The van der Waals surface area contributed by atoms with Gasteiger partial charge in [-0.1, -0.05) is 12.1 Å². The summed E-state index contributed by atoms with van der Waals surface area (Å²) in [6, 6.07) is 12.5. The number of anilines is 1. The average Bonchev–Trinajstić information content (AvgIpc) is 2.92. The highest BCUT2D eigenvalue weighted by atomic mass is 16.5. The summed E-state index contributed by atoms with van der Waals surface area (Å²) in [5.74, 6) is 1.08. The van der Waals surface area contributed by atoms with Crippen molar-refractivity contribution in [3.8, 4) is 6.07 Å². The second kappa shape index (κ2) is 5.50. The van der Waals surface area contributed by atoms with Gasteiger partial charge in [-0.2, -0.15) is 5.26 Å². The van der Waals surface area contributed by atoms with Crippen LogP contribution in [0.4, 0.5) is 5.82 Å². The van der Waals surface area contributed by atoms with Crippen LogP contribution in [0.25, 0.3) is 16.7 Å². The Bertz CT molecular complexity index is 959. The summed E-state index contributed by atoms with van der Waals surface area (Å²) in [6.45, 7) is 7.84. The van der Waals surface area contributed by atoms with Gasteiger partial charge >= 0.3 is 0 Å². The summed E-state index contributed by atoms with van der Waals surface area (Å²) in [7, 11) is 0. The molecule has 4 rings (SSSR count). The zero-order valence-corrected chi connectivity index (χ0v) is 14.2. The van der Waals surface area contributed by atoms with Gasteiger partial charge in [-0.3, -0.25) is 4.40 Å². The van der Waals surface area contributed by atoms with E-state index in [1.54, 1.807) is 0 Å². The van der Waals surface area contributed by atoms with Crippen molar-refractivity contribution in [2.24, 2.45) is 0 Å². The molecule has 1 fully saturated rings. The maximum absolute atomic E-state index is 9.59. The van der Waals surface area contributed by atoms with Gasteiger partial charge in [0.25, 0.3) is 0 Å². The third-order valence-electron chi connectivity index (χ3n) is 4.61. The van der Waals surface area contributed by atoms with Crippen LogP contribution >= 0.6 is 0 Å². The number of para-hydroxylation sites is 2. The molecule has 1 aliphatic rings. The summed E-state index contributed by atoms with van der Waals surface area (Å²) in [6.07, 6.45) is 0.351. The average molecular weight is 320 g/mol. The Labute approximate surface area is 141 Å². The van der Waals surface area contributed by atoms with Gasteiger partial charge in [0.15, 0.2) is 5.65 Å². The topological polar surface area (TPSA) is 53.6 Å². The van der Waals surface area contributed by atoms with E-state index in [9.17, 15) is 5.26 Å². The molecule has 0 N–H and O–H groups in total. The molecular formula is C19H20N4O. The fraction of sp³-hybridized carbons (Fsp3) is 0.368. The maximum Gasteiger partial charge on any atom is 0.157 e. The molecule has 0 bridgehead atoms. The lowest BCUT2D eigenvalue weighted by Gasteiger charge is -2.37. The van der Waals surface area contributed by atoms with Gasteiger partial charge in [-0.15, -0.1) is 0 Å². The summed E-state index contributed by atoms with van der Waals surface area (Å²) in [4.78, 5) is 7.06. The minimum atomic E-state index is 0.175. The molecule has 2 aromatic heterocycles. The van der Waals surface area contributed by atoms with E-state index in [0.29, 0.717) is 5.56 Å². The fourth-order valence-electron chi connectivity index (χ4n) is 3.67. The first kappa shape index (κ1) is 15.0. The molecule has 0 aliphatic carbocycles. The lowest BCUT2D eigenvalue weighted by Crippen LogP contribution is -2.46. The Morgan fingerprint density at radius 3 is 2.62 bits per heavy atom. The zero-order chi connectivity index (χ0) is 16.8. The van der Waals surface area contributed by atoms with Gasteiger partial charge in [-0.05, 0) is 44.5 Å². The number of morpholine rings is 1. The first-order valence-electron chi connectivity index (χ1n) is 8.30. The van der Waals surface area contributed by atoms with Crippen LogP contribution in [-0.4, -0.2) is 34.7 Å². The monoisotopic (exact) mass is 320 g/mol. The highest BCUT2D eigenvalue weighted by Crippen LogP contribution is 2.30. The van der Waals surface area contributed by atoms with Gasteiger partial charge in [0.1, 0.15) is 11.9 Å². The van der Waals surface area contributed by atoms with Crippen LogP contribution in [0.1, 0.15) is 25.0 Å². The van der Waals surface area contributed by atoms with Gasteiger partial charge in [0, 0.05) is 13.1 Å². The first-order chi connectivity index (χ1) is 11.6. The molecule has 5 nitrogen and oxygen atoms in total. The second-order valence-electron chi connectivity index (χ2n) is 6.59. The molecule has 24 heavy (non-hydrogen) atoms. The van der Waals surface area contributed by atoms with Crippen LogP contribution < -0.4 is 4.90 Å². The van der Waals surface area contributed by atoms with Gasteiger partial charge in [0.05, 0.1) is 28.8 Å². The normalized spacial score (nSPS) is 21.3. The smallest absolute Gasteiger partial charge is 0.157 e. The Morgan fingerprint density at radius 1 is 1.21 bits per heavy atom. The van der Waals surface area contributed by atoms with E-state index in [4.69, 9.17) is 9.72 Å². The van der Waals surface area contributed by atoms with E-state index in [-0.39, 0.29) is 12.2 Å². The van der Waals surface area contributed by atoms with Crippen molar-refractivity contribution in [3.63, 3.8) is 0 Å². The predicted octanol–water partition coefficient (Wildman–Crippen LogP) is 3.28. The quantitative estimate of drug-likeness (QED) is 0.690. The Balaban J connectivity index is 2.03. The van der Waals surface area contributed by atoms with Crippen LogP contribution in [0.2, 0.25) is 0 Å². The molecule has 3 aromatic rings. The molecule has 122 valence electrons. The van der Waals surface area contributed by atoms with E-state index in [1.165, 1.54) is 0 Å². The van der Waals surface area contributed by atoms with E-state index in [0.717, 1.165) is 41.2 Å². The van der Waals surface area contributed by atoms with Crippen LogP contribution in [0.5, 0.6) is 0 Å². The SMILES string of the molecule is Cc1cc(N2C[C@@H](C)O[C@H](C)C2)n2c(nc3ccccc32)c1C#N. The molecule has 5 heteroatoms. The number of hydrogen-bond donors (Lipinski definition) is 0. The number of hydrogen-bond acceptors (Lipinski definition) is 4. The molecule has 0 spiro atoms. The van der Waals surface area contributed by atoms with Gasteiger partial charge < -0.3 is 9.64 Å². The lowest BCUT2D eigenvalue weighted by molar-refractivity contribution is -0.00550. The molecule has 3 heterocycles. The third-order valence-corrected chi connectivity index (χ3v) is 4.61. The van der Waals surface area contributed by atoms with Crippen molar-refractivity contribution >= 4 is 22.5 Å². The van der Waals surface area contributed by atoms with Crippen molar-refractivity contribution in [1.82, 2.24) is 9.38 Å². The fourth-order valence-corrected chi connectivity index (χ4v) is 3.67. The third kappa shape index (κ3) is 2.22. The number of nitrogens with zero attached hydrogens (tertiary/aromatic N) is 4. The van der Waals surface area contributed by atoms with E-state index in [1.807, 2.05) is 25.1 Å². The van der Waals surface area contributed by atoms with Gasteiger partial charge in [-0.25, -0.2) is 4.98 Å². The Morgan fingerprint density at radius 2 is 1.92 bits per heavy atom. The number of ether oxygens (including phenoxy) is 1. The summed E-state index contributed by atoms with van der Waals surface area (Å²) >= 11 is 0. The van der Waals surface area contributed by atoms with Crippen LogP contribution in [0.15, 0.2) is 30.3 Å². The molecule has 1 saturated heterocycles. The van der Waals surface area contributed by atoms with Crippen molar-refractivity contribution < 1.29 is 4.74 Å². The number of nitriles is 1. The number of rotatable bonds is 1. The minimum absolute atomic E-state index is 0.175. The number of fused-ring (bicyclic) bond motifs is 3. The molecular weight excluding hydrogens is 300 g/mol. The highest BCUT2D eigenvalue weighted by Gasteiger charge is 2.26. The summed E-state index contributed by atoms with van der Waals surface area (Å²) < 4.78 is 7.99. The summed E-state index contributed by atoms with van der Waals surface area (Å²) in [5, 5.41) is 9.59.